The number of fused-ring (bicyclic) bond motifs is 2. The van der Waals surface area contributed by atoms with Crippen LogP contribution in [0.1, 0.15) is 0 Å². The van der Waals surface area contributed by atoms with Crippen molar-refractivity contribution in [3.8, 4) is 79.0 Å². The van der Waals surface area contributed by atoms with Crippen LogP contribution < -0.4 is 4.74 Å². The van der Waals surface area contributed by atoms with Crippen molar-refractivity contribution in [2.24, 2.45) is 0 Å². The fourth-order valence-corrected chi connectivity index (χ4v) is 6.42. The van der Waals surface area contributed by atoms with Crippen molar-refractivity contribution < 1.29 is 4.74 Å². The molecule has 4 nitrogen and oxygen atoms in total. The second-order valence-electron chi connectivity index (χ2n) is 11.6. The predicted molar refractivity (Wildman–Crippen MR) is 190 cm³/mol. The molecule has 0 amide bonds. The number of nitrogens with zero attached hydrogens (tertiary/aromatic N) is 3. The standard InChI is InChI=1S/C43H27N3O/c1-4-11-28(12-5-1)30-19-21-32(22-20-30)42-44-41(31-15-8-3-9-16-31)45-43(46-42)36-24-26-39-40-34(36)17-10-18-35(40)37-27-33(23-25-38(37)47-39)29-13-6-2-7-14-29/h1-27H. The molecule has 8 aromatic rings. The van der Waals surface area contributed by atoms with Crippen molar-refractivity contribution in [3.63, 3.8) is 0 Å². The van der Waals surface area contributed by atoms with E-state index < -0.39 is 0 Å². The molecule has 7 aromatic carbocycles. The van der Waals surface area contributed by atoms with Crippen LogP contribution in [-0.2, 0) is 0 Å². The molecule has 0 radical (unpaired) electrons. The van der Waals surface area contributed by atoms with Gasteiger partial charge >= 0.3 is 0 Å². The number of benzene rings is 7. The molecule has 2 heterocycles. The topological polar surface area (TPSA) is 47.9 Å². The van der Waals surface area contributed by atoms with Crippen molar-refractivity contribution in [1.82, 2.24) is 15.0 Å². The number of rotatable bonds is 5. The van der Waals surface area contributed by atoms with Gasteiger partial charge < -0.3 is 4.74 Å². The second-order valence-corrected chi connectivity index (χ2v) is 11.6. The molecule has 0 N–H and O–H groups in total. The molecule has 47 heavy (non-hydrogen) atoms. The normalized spacial score (nSPS) is 11.6. The smallest absolute Gasteiger partial charge is 0.164 e. The highest BCUT2D eigenvalue weighted by atomic mass is 16.5. The summed E-state index contributed by atoms with van der Waals surface area (Å²) in [6.45, 7) is 0. The van der Waals surface area contributed by atoms with Crippen LogP contribution in [-0.4, -0.2) is 15.0 Å². The fraction of sp³-hybridized carbons (Fsp3) is 0. The van der Waals surface area contributed by atoms with E-state index in [2.05, 4.69) is 115 Å². The van der Waals surface area contributed by atoms with Crippen LogP contribution in [0.5, 0.6) is 11.5 Å². The third-order valence-electron chi connectivity index (χ3n) is 8.76. The molecule has 9 rings (SSSR count). The average molecular weight is 602 g/mol. The molecule has 0 atom stereocenters. The van der Waals surface area contributed by atoms with Gasteiger partial charge in [-0.25, -0.2) is 15.0 Å². The highest BCUT2D eigenvalue weighted by Crippen LogP contribution is 2.49. The van der Waals surface area contributed by atoms with E-state index >= 15 is 0 Å². The van der Waals surface area contributed by atoms with Crippen molar-refractivity contribution in [2.75, 3.05) is 0 Å². The molecule has 0 unspecified atom stereocenters. The fourth-order valence-electron chi connectivity index (χ4n) is 6.42. The van der Waals surface area contributed by atoms with Crippen molar-refractivity contribution >= 4 is 10.8 Å². The van der Waals surface area contributed by atoms with E-state index in [4.69, 9.17) is 19.7 Å². The first-order valence-corrected chi connectivity index (χ1v) is 15.7. The Kier molecular flexibility index (Phi) is 6.43. The predicted octanol–water partition coefficient (Wildman–Crippen LogP) is 11.1. The van der Waals surface area contributed by atoms with Gasteiger partial charge in [0.15, 0.2) is 17.5 Å². The molecule has 1 aliphatic rings. The van der Waals surface area contributed by atoms with Crippen LogP contribution >= 0.6 is 0 Å². The summed E-state index contributed by atoms with van der Waals surface area (Å²) in [5.41, 5.74) is 9.63. The van der Waals surface area contributed by atoms with E-state index in [0.717, 1.165) is 61.2 Å². The zero-order valence-electron chi connectivity index (χ0n) is 25.3. The molecule has 0 aliphatic carbocycles. The molecule has 1 aromatic heterocycles. The van der Waals surface area contributed by atoms with Crippen LogP contribution in [0.15, 0.2) is 164 Å². The second kappa shape index (κ2) is 11.2. The van der Waals surface area contributed by atoms with Crippen LogP contribution in [0.3, 0.4) is 0 Å². The Morgan fingerprint density at radius 2 is 0.830 bits per heavy atom. The van der Waals surface area contributed by atoms with Gasteiger partial charge in [-0.15, -0.1) is 0 Å². The van der Waals surface area contributed by atoms with Gasteiger partial charge in [0.1, 0.15) is 11.5 Å². The van der Waals surface area contributed by atoms with E-state index in [9.17, 15) is 0 Å². The van der Waals surface area contributed by atoms with Gasteiger partial charge in [-0.3, -0.25) is 0 Å². The van der Waals surface area contributed by atoms with Crippen LogP contribution in [0.2, 0.25) is 0 Å². The van der Waals surface area contributed by atoms with Crippen LogP contribution in [0, 0.1) is 0 Å². The minimum Gasteiger partial charge on any atom is -0.456 e. The van der Waals surface area contributed by atoms with Gasteiger partial charge in [0.25, 0.3) is 0 Å². The molecule has 0 saturated carbocycles. The Balaban J connectivity index is 1.20. The Labute approximate surface area is 272 Å². The Morgan fingerprint density at radius 3 is 1.51 bits per heavy atom. The van der Waals surface area contributed by atoms with Gasteiger partial charge in [0.2, 0.25) is 0 Å². The maximum atomic E-state index is 6.51. The summed E-state index contributed by atoms with van der Waals surface area (Å²) in [5.74, 6) is 3.56. The summed E-state index contributed by atoms with van der Waals surface area (Å²) in [4.78, 5) is 15.1. The van der Waals surface area contributed by atoms with Gasteiger partial charge in [0.05, 0.1) is 0 Å². The van der Waals surface area contributed by atoms with E-state index in [1.54, 1.807) is 0 Å². The summed E-state index contributed by atoms with van der Waals surface area (Å²) in [6, 6.07) is 56.3. The Bertz CT molecular complexity index is 2410. The lowest BCUT2D eigenvalue weighted by molar-refractivity contribution is 0.487. The quantitative estimate of drug-likeness (QED) is 0.197. The third-order valence-corrected chi connectivity index (χ3v) is 8.76. The van der Waals surface area contributed by atoms with Gasteiger partial charge in [-0.1, -0.05) is 140 Å². The van der Waals surface area contributed by atoms with E-state index in [1.165, 1.54) is 11.1 Å². The lowest BCUT2D eigenvalue weighted by Crippen LogP contribution is -2.02. The minimum absolute atomic E-state index is 0.619. The monoisotopic (exact) mass is 601 g/mol. The summed E-state index contributed by atoms with van der Waals surface area (Å²) in [6.07, 6.45) is 0. The van der Waals surface area contributed by atoms with Crippen molar-refractivity contribution in [2.45, 2.75) is 0 Å². The molecule has 0 bridgehead atoms. The molecule has 220 valence electrons. The Hall–Kier alpha value is -6.39. The molecular formula is C43H27N3O. The maximum Gasteiger partial charge on any atom is 0.164 e. The summed E-state index contributed by atoms with van der Waals surface area (Å²) in [5, 5.41) is 2.09. The van der Waals surface area contributed by atoms with Gasteiger partial charge in [-0.2, -0.15) is 0 Å². The molecule has 0 saturated heterocycles. The number of aromatic nitrogens is 3. The highest BCUT2D eigenvalue weighted by Gasteiger charge is 2.23. The SMILES string of the molecule is c1ccc(-c2ccc(-c3nc(-c4ccccc4)nc(-c4ccc5c6c(cccc46)-c4cc(-c6ccccc6)ccc4O5)n3)cc2)cc1. The van der Waals surface area contributed by atoms with Crippen LogP contribution in [0.4, 0.5) is 0 Å². The molecule has 4 heteroatoms. The molecule has 0 spiro atoms. The highest BCUT2D eigenvalue weighted by molar-refractivity contribution is 6.09. The summed E-state index contributed by atoms with van der Waals surface area (Å²) >= 11 is 0. The van der Waals surface area contributed by atoms with E-state index in [-0.39, 0.29) is 0 Å². The lowest BCUT2D eigenvalue weighted by Gasteiger charge is -2.23. The number of hydrogen-bond donors (Lipinski definition) is 0. The first-order valence-electron chi connectivity index (χ1n) is 15.7. The molecule has 0 fully saturated rings. The number of hydrogen-bond acceptors (Lipinski definition) is 4. The largest absolute Gasteiger partial charge is 0.456 e. The zero-order valence-corrected chi connectivity index (χ0v) is 25.3. The molecule has 1 aliphatic heterocycles. The van der Waals surface area contributed by atoms with E-state index in [0.29, 0.717) is 17.5 Å². The van der Waals surface area contributed by atoms with Crippen molar-refractivity contribution in [3.05, 3.63) is 164 Å². The molecular weight excluding hydrogens is 574 g/mol. The summed E-state index contributed by atoms with van der Waals surface area (Å²) in [7, 11) is 0. The maximum absolute atomic E-state index is 6.51. The minimum atomic E-state index is 0.619. The Morgan fingerprint density at radius 1 is 0.319 bits per heavy atom. The van der Waals surface area contributed by atoms with E-state index in [1.807, 2.05) is 48.5 Å². The average Bonchev–Trinajstić information content (AvgIpc) is 3.16. The first kappa shape index (κ1) is 27.0. The number of ether oxygens (including phenoxy) is 1. The van der Waals surface area contributed by atoms with Crippen LogP contribution in [0.25, 0.3) is 78.3 Å². The van der Waals surface area contributed by atoms with Crippen molar-refractivity contribution in [1.29, 1.82) is 0 Å². The lowest BCUT2D eigenvalue weighted by atomic mass is 9.90. The summed E-state index contributed by atoms with van der Waals surface area (Å²) < 4.78 is 6.51. The first-order chi connectivity index (χ1) is 23.3. The van der Waals surface area contributed by atoms with Gasteiger partial charge in [0, 0.05) is 27.6 Å². The zero-order chi connectivity index (χ0) is 31.2. The third kappa shape index (κ3) is 4.84. The van der Waals surface area contributed by atoms with Gasteiger partial charge in [-0.05, 0) is 57.5 Å².